The average Bonchev–Trinajstić information content (AvgIpc) is 3.69. The van der Waals surface area contributed by atoms with Gasteiger partial charge in [0.1, 0.15) is 0 Å². The molecule has 0 heteroatoms. The first-order valence-electron chi connectivity index (χ1n) is 22.1. The van der Waals surface area contributed by atoms with Crippen molar-refractivity contribution >= 4 is 53.9 Å². The molecular formula is C62H44. The first kappa shape index (κ1) is 35.5. The van der Waals surface area contributed by atoms with Crippen molar-refractivity contribution in [3.63, 3.8) is 0 Å². The molecule has 0 saturated carbocycles. The number of rotatable bonds is 3. The Hall–Kier alpha value is -7.28. The molecule has 0 N–H and O–H groups in total. The lowest BCUT2D eigenvalue weighted by atomic mass is 9.77. The van der Waals surface area contributed by atoms with Crippen LogP contribution in [0.5, 0.6) is 0 Å². The molecule has 0 fully saturated rings. The van der Waals surface area contributed by atoms with Crippen LogP contribution in [0.15, 0.2) is 194 Å². The molecule has 0 aliphatic heterocycles. The summed E-state index contributed by atoms with van der Waals surface area (Å²) in [6.07, 6.45) is 0. The van der Waals surface area contributed by atoms with Gasteiger partial charge in [-0.25, -0.2) is 0 Å². The Balaban J connectivity index is 1.21. The molecule has 292 valence electrons. The van der Waals surface area contributed by atoms with Gasteiger partial charge in [-0.1, -0.05) is 216 Å². The van der Waals surface area contributed by atoms with Crippen molar-refractivity contribution in [3.05, 3.63) is 216 Å². The van der Waals surface area contributed by atoms with Gasteiger partial charge in [0.05, 0.1) is 0 Å². The predicted octanol–water partition coefficient (Wildman–Crippen LogP) is 17.1. The van der Waals surface area contributed by atoms with E-state index < -0.39 is 0 Å². The first-order valence-corrected chi connectivity index (χ1v) is 22.1. The van der Waals surface area contributed by atoms with E-state index >= 15 is 0 Å². The van der Waals surface area contributed by atoms with E-state index in [1.165, 1.54) is 132 Å². The van der Waals surface area contributed by atoms with Crippen LogP contribution in [0.3, 0.4) is 0 Å². The zero-order valence-corrected chi connectivity index (χ0v) is 35.5. The summed E-state index contributed by atoms with van der Waals surface area (Å²) in [4.78, 5) is 0. The number of benzene rings is 11. The van der Waals surface area contributed by atoms with E-state index in [9.17, 15) is 0 Å². The molecule has 0 saturated heterocycles. The molecule has 0 aromatic heterocycles. The largest absolute Gasteiger partial charge is 0.0622 e. The highest BCUT2D eigenvalue weighted by Crippen LogP contribution is 2.60. The van der Waals surface area contributed by atoms with Crippen molar-refractivity contribution in [1.29, 1.82) is 0 Å². The van der Waals surface area contributed by atoms with Crippen molar-refractivity contribution < 1.29 is 0 Å². The number of hydrogen-bond acceptors (Lipinski definition) is 0. The molecule has 0 bridgehead atoms. The molecule has 0 amide bonds. The standard InChI is InChI=1S/C62H44/c1-61(2)50-32-18-16-30-47(50)58-52(61)35-34-46-49(36-53-59(60(46)58)48-31-17-19-33-51(48)62(53,3)4)55-40-24-10-14-28-44(40)57(45-29-15-11-25-41(45)55)56-42-26-12-8-22-38(42)54(37-20-6-5-7-21-37)39-23-9-13-27-43(39)56/h5-36H,1-4H3. The summed E-state index contributed by atoms with van der Waals surface area (Å²) in [5.74, 6) is 0. The second-order valence-electron chi connectivity index (χ2n) is 18.6. The summed E-state index contributed by atoms with van der Waals surface area (Å²) in [5, 5.41) is 12.9. The second kappa shape index (κ2) is 12.6. The Bertz CT molecular complexity index is 3600. The highest BCUT2D eigenvalue weighted by molar-refractivity contribution is 6.31. The molecule has 0 spiro atoms. The fourth-order valence-electron chi connectivity index (χ4n) is 12.1. The topological polar surface area (TPSA) is 0 Å². The minimum Gasteiger partial charge on any atom is -0.0622 e. The van der Waals surface area contributed by atoms with Crippen molar-refractivity contribution in [2.75, 3.05) is 0 Å². The Morgan fingerprint density at radius 1 is 0.242 bits per heavy atom. The van der Waals surface area contributed by atoms with Crippen molar-refractivity contribution in [3.8, 4) is 55.6 Å². The molecule has 2 aliphatic carbocycles. The smallest absolute Gasteiger partial charge is 0.0159 e. The molecule has 11 aromatic carbocycles. The van der Waals surface area contributed by atoms with Crippen molar-refractivity contribution in [2.24, 2.45) is 0 Å². The second-order valence-corrected chi connectivity index (χ2v) is 18.6. The van der Waals surface area contributed by atoms with E-state index in [1.807, 2.05) is 0 Å². The van der Waals surface area contributed by atoms with Gasteiger partial charge in [-0.05, 0) is 138 Å². The Morgan fingerprint density at radius 2 is 0.613 bits per heavy atom. The molecule has 0 unspecified atom stereocenters. The van der Waals surface area contributed by atoms with Crippen LogP contribution in [0.25, 0.3) is 109 Å². The van der Waals surface area contributed by atoms with E-state index in [4.69, 9.17) is 0 Å². The van der Waals surface area contributed by atoms with E-state index in [1.54, 1.807) is 0 Å². The third-order valence-corrected chi connectivity index (χ3v) is 14.8. The third kappa shape index (κ3) is 4.57. The van der Waals surface area contributed by atoms with Gasteiger partial charge < -0.3 is 0 Å². The predicted molar refractivity (Wildman–Crippen MR) is 265 cm³/mol. The molecule has 0 radical (unpaired) electrons. The Labute approximate surface area is 362 Å². The normalized spacial score (nSPS) is 14.4. The summed E-state index contributed by atoms with van der Waals surface area (Å²) >= 11 is 0. The molecule has 0 nitrogen and oxygen atoms in total. The number of hydrogen-bond donors (Lipinski definition) is 0. The van der Waals surface area contributed by atoms with E-state index in [-0.39, 0.29) is 10.8 Å². The summed E-state index contributed by atoms with van der Waals surface area (Å²) < 4.78 is 0. The molecule has 0 heterocycles. The zero-order valence-electron chi connectivity index (χ0n) is 35.5. The third-order valence-electron chi connectivity index (χ3n) is 14.8. The molecule has 13 rings (SSSR count). The van der Waals surface area contributed by atoms with Gasteiger partial charge in [0.2, 0.25) is 0 Å². The number of fused-ring (bicyclic) bond motifs is 13. The van der Waals surface area contributed by atoms with Crippen LogP contribution in [0, 0.1) is 0 Å². The van der Waals surface area contributed by atoms with Crippen LogP contribution in [0.2, 0.25) is 0 Å². The van der Waals surface area contributed by atoms with Crippen LogP contribution < -0.4 is 0 Å². The fourth-order valence-corrected chi connectivity index (χ4v) is 12.1. The summed E-state index contributed by atoms with van der Waals surface area (Å²) in [5.41, 5.74) is 18.6. The molecule has 0 atom stereocenters. The summed E-state index contributed by atoms with van der Waals surface area (Å²) in [6, 6.07) is 73.4. The van der Waals surface area contributed by atoms with E-state index in [2.05, 4.69) is 222 Å². The van der Waals surface area contributed by atoms with Crippen LogP contribution in [-0.2, 0) is 10.8 Å². The van der Waals surface area contributed by atoms with Gasteiger partial charge in [0, 0.05) is 10.8 Å². The fraction of sp³-hybridized carbons (Fsp3) is 0.0968. The SMILES string of the molecule is CC1(C)c2ccccc2-c2c1ccc1c(-c3c4ccccc4c(-c4c5ccccc5c(-c5ccccc5)c5ccccc45)c4ccccc34)cc3c(c21)-c1ccccc1C3(C)C. The minimum absolute atomic E-state index is 0.112. The summed E-state index contributed by atoms with van der Waals surface area (Å²) in [7, 11) is 0. The van der Waals surface area contributed by atoms with Crippen molar-refractivity contribution in [1.82, 2.24) is 0 Å². The lowest BCUT2D eigenvalue weighted by molar-refractivity contribution is 0.660. The van der Waals surface area contributed by atoms with E-state index in [0.29, 0.717) is 0 Å². The molecule has 11 aromatic rings. The van der Waals surface area contributed by atoms with Gasteiger partial charge in [0.25, 0.3) is 0 Å². The monoisotopic (exact) mass is 788 g/mol. The zero-order chi connectivity index (χ0) is 41.5. The highest BCUT2D eigenvalue weighted by atomic mass is 14.4. The van der Waals surface area contributed by atoms with Crippen LogP contribution in [-0.4, -0.2) is 0 Å². The first-order chi connectivity index (χ1) is 30.3. The quantitative estimate of drug-likeness (QED) is 0.156. The molecule has 62 heavy (non-hydrogen) atoms. The Morgan fingerprint density at radius 3 is 1.10 bits per heavy atom. The summed E-state index contributed by atoms with van der Waals surface area (Å²) in [6.45, 7) is 9.68. The van der Waals surface area contributed by atoms with Gasteiger partial charge in [-0.2, -0.15) is 0 Å². The minimum atomic E-state index is -0.185. The van der Waals surface area contributed by atoms with Gasteiger partial charge >= 0.3 is 0 Å². The molecular weight excluding hydrogens is 745 g/mol. The van der Waals surface area contributed by atoms with Gasteiger partial charge in [-0.15, -0.1) is 0 Å². The average molecular weight is 789 g/mol. The molecule has 2 aliphatic rings. The maximum absolute atomic E-state index is 2.59. The van der Waals surface area contributed by atoms with Crippen LogP contribution in [0.1, 0.15) is 49.9 Å². The van der Waals surface area contributed by atoms with E-state index in [0.717, 1.165) is 0 Å². The highest BCUT2D eigenvalue weighted by Gasteiger charge is 2.42. The lowest BCUT2D eigenvalue weighted by Gasteiger charge is -2.26. The van der Waals surface area contributed by atoms with Gasteiger partial charge in [-0.3, -0.25) is 0 Å². The van der Waals surface area contributed by atoms with Crippen LogP contribution in [0.4, 0.5) is 0 Å². The maximum atomic E-state index is 2.59. The Kier molecular flexibility index (Phi) is 7.23. The lowest BCUT2D eigenvalue weighted by Crippen LogP contribution is -2.15. The van der Waals surface area contributed by atoms with Crippen LogP contribution >= 0.6 is 0 Å². The maximum Gasteiger partial charge on any atom is 0.0159 e. The van der Waals surface area contributed by atoms with Crippen molar-refractivity contribution in [2.45, 2.75) is 38.5 Å². The van der Waals surface area contributed by atoms with Gasteiger partial charge in [0.15, 0.2) is 0 Å².